The van der Waals surface area contributed by atoms with Crippen LogP contribution in [0.5, 0.6) is 0 Å². The first-order valence-electron chi connectivity index (χ1n) is 5.21. The van der Waals surface area contributed by atoms with E-state index < -0.39 is 0 Å². The predicted molar refractivity (Wildman–Crippen MR) is 54.4 cm³/mol. The second-order valence-electron chi connectivity index (χ2n) is 4.55. The fraction of sp³-hybridized carbons (Fsp3) is 0.545. The second-order valence-corrected chi connectivity index (χ2v) is 4.55. The lowest BCUT2D eigenvalue weighted by Gasteiger charge is -2.07. The van der Waals surface area contributed by atoms with E-state index in [1.165, 1.54) is 24.8 Å². The van der Waals surface area contributed by atoms with E-state index in [1.807, 2.05) is 6.07 Å². The lowest BCUT2D eigenvalue weighted by molar-refractivity contribution is 0.595. The highest BCUT2D eigenvalue weighted by molar-refractivity contribution is 5.23. The summed E-state index contributed by atoms with van der Waals surface area (Å²) >= 11 is 0. The zero-order valence-electron chi connectivity index (χ0n) is 8.05. The number of H-pyrrole nitrogens is 1. The van der Waals surface area contributed by atoms with Crippen molar-refractivity contribution in [1.82, 2.24) is 10.3 Å². The summed E-state index contributed by atoms with van der Waals surface area (Å²) < 4.78 is 0. The third-order valence-corrected chi connectivity index (χ3v) is 3.48. The molecule has 2 fully saturated rings. The molecule has 1 saturated carbocycles. The van der Waals surface area contributed by atoms with E-state index in [2.05, 4.69) is 10.3 Å². The van der Waals surface area contributed by atoms with Crippen molar-refractivity contribution >= 4 is 0 Å². The standard InChI is InChI=1S/C11H14N2O/c14-10-5-8(1-4-12-10)9-6-11(2-3-11)13-7-9/h1,4-5,9,13H,2-3,6-7H2,(H,12,14). The van der Waals surface area contributed by atoms with Crippen LogP contribution in [-0.4, -0.2) is 17.1 Å². The largest absolute Gasteiger partial charge is 0.329 e. The number of aromatic nitrogens is 1. The van der Waals surface area contributed by atoms with Crippen LogP contribution >= 0.6 is 0 Å². The minimum atomic E-state index is 0.0132. The van der Waals surface area contributed by atoms with Crippen molar-refractivity contribution < 1.29 is 0 Å². The van der Waals surface area contributed by atoms with Crippen LogP contribution in [0.1, 0.15) is 30.7 Å². The van der Waals surface area contributed by atoms with Gasteiger partial charge in [0.15, 0.2) is 0 Å². The fourth-order valence-corrected chi connectivity index (χ4v) is 2.44. The summed E-state index contributed by atoms with van der Waals surface area (Å²) in [6, 6.07) is 3.75. The van der Waals surface area contributed by atoms with Gasteiger partial charge in [-0.05, 0) is 36.8 Å². The highest BCUT2D eigenvalue weighted by Gasteiger charge is 2.48. The average Bonchev–Trinajstić information content (AvgIpc) is 2.76. The summed E-state index contributed by atoms with van der Waals surface area (Å²) in [7, 11) is 0. The molecule has 1 atom stereocenters. The quantitative estimate of drug-likeness (QED) is 0.693. The summed E-state index contributed by atoms with van der Waals surface area (Å²) in [6.07, 6.45) is 5.57. The third-order valence-electron chi connectivity index (χ3n) is 3.48. The number of hydrogen-bond donors (Lipinski definition) is 2. The number of rotatable bonds is 1. The third kappa shape index (κ3) is 1.28. The van der Waals surface area contributed by atoms with E-state index in [-0.39, 0.29) is 5.56 Å². The highest BCUT2D eigenvalue weighted by atomic mass is 16.1. The molecule has 1 saturated heterocycles. The molecular formula is C11H14N2O. The van der Waals surface area contributed by atoms with Crippen LogP contribution in [0.2, 0.25) is 0 Å². The van der Waals surface area contributed by atoms with Gasteiger partial charge in [-0.1, -0.05) is 0 Å². The van der Waals surface area contributed by atoms with Crippen molar-refractivity contribution in [3.05, 3.63) is 34.2 Å². The first kappa shape index (κ1) is 8.24. The van der Waals surface area contributed by atoms with Gasteiger partial charge in [0, 0.05) is 24.3 Å². The van der Waals surface area contributed by atoms with Crippen LogP contribution in [0.4, 0.5) is 0 Å². The van der Waals surface area contributed by atoms with E-state index in [0.29, 0.717) is 11.5 Å². The lowest BCUT2D eigenvalue weighted by atomic mass is 9.96. The SMILES string of the molecule is O=c1cc(C2CNC3(CC3)C2)cc[nH]1. The van der Waals surface area contributed by atoms with Gasteiger partial charge in [-0.2, -0.15) is 0 Å². The Hall–Kier alpha value is -1.09. The summed E-state index contributed by atoms with van der Waals surface area (Å²) in [4.78, 5) is 13.8. The number of aromatic amines is 1. The first-order valence-corrected chi connectivity index (χ1v) is 5.21. The number of nitrogens with one attached hydrogen (secondary N) is 2. The molecule has 0 bridgehead atoms. The Morgan fingerprint density at radius 3 is 2.93 bits per heavy atom. The summed E-state index contributed by atoms with van der Waals surface area (Å²) in [6.45, 7) is 1.03. The van der Waals surface area contributed by atoms with Crippen LogP contribution in [0.15, 0.2) is 23.1 Å². The maximum absolute atomic E-state index is 11.1. The van der Waals surface area contributed by atoms with Crippen LogP contribution in [0.25, 0.3) is 0 Å². The van der Waals surface area contributed by atoms with Crippen molar-refractivity contribution in [3.8, 4) is 0 Å². The maximum atomic E-state index is 11.1. The minimum Gasteiger partial charge on any atom is -0.329 e. The van der Waals surface area contributed by atoms with Crippen molar-refractivity contribution in [2.45, 2.75) is 30.7 Å². The molecule has 0 amide bonds. The van der Waals surface area contributed by atoms with E-state index in [9.17, 15) is 4.79 Å². The van der Waals surface area contributed by atoms with E-state index in [1.54, 1.807) is 12.3 Å². The zero-order valence-corrected chi connectivity index (χ0v) is 8.05. The summed E-state index contributed by atoms with van der Waals surface area (Å²) in [5, 5.41) is 3.56. The molecule has 1 unspecified atom stereocenters. The highest BCUT2D eigenvalue weighted by Crippen LogP contribution is 2.47. The zero-order chi connectivity index (χ0) is 9.60. The van der Waals surface area contributed by atoms with Gasteiger partial charge >= 0.3 is 0 Å². The molecular weight excluding hydrogens is 176 g/mol. The van der Waals surface area contributed by atoms with Gasteiger partial charge in [0.1, 0.15) is 0 Å². The van der Waals surface area contributed by atoms with Crippen LogP contribution < -0.4 is 10.9 Å². The maximum Gasteiger partial charge on any atom is 0.248 e. The Labute approximate surface area is 82.5 Å². The van der Waals surface area contributed by atoms with Gasteiger partial charge in [0.2, 0.25) is 5.56 Å². The minimum absolute atomic E-state index is 0.0132. The molecule has 1 aromatic rings. The van der Waals surface area contributed by atoms with Crippen LogP contribution in [0, 0.1) is 0 Å². The Kier molecular flexibility index (Phi) is 1.59. The smallest absolute Gasteiger partial charge is 0.248 e. The summed E-state index contributed by atoms with van der Waals surface area (Å²) in [5.74, 6) is 0.541. The second kappa shape index (κ2) is 2.70. The van der Waals surface area contributed by atoms with Crippen molar-refractivity contribution in [2.24, 2.45) is 0 Å². The molecule has 74 valence electrons. The van der Waals surface area contributed by atoms with Gasteiger partial charge in [-0.15, -0.1) is 0 Å². The van der Waals surface area contributed by atoms with Gasteiger partial charge in [-0.3, -0.25) is 4.79 Å². The summed E-state index contributed by atoms with van der Waals surface area (Å²) in [5.41, 5.74) is 1.65. The molecule has 0 aromatic carbocycles. The Bertz CT molecular complexity index is 406. The van der Waals surface area contributed by atoms with Crippen molar-refractivity contribution in [3.63, 3.8) is 0 Å². The van der Waals surface area contributed by atoms with Gasteiger partial charge in [-0.25, -0.2) is 0 Å². The van der Waals surface area contributed by atoms with Crippen molar-refractivity contribution in [2.75, 3.05) is 6.54 Å². The van der Waals surface area contributed by atoms with E-state index >= 15 is 0 Å². The predicted octanol–water partition coefficient (Wildman–Crippen LogP) is 0.984. The Balaban J connectivity index is 1.86. The Morgan fingerprint density at radius 1 is 1.43 bits per heavy atom. The fourth-order valence-electron chi connectivity index (χ4n) is 2.44. The first-order chi connectivity index (χ1) is 6.77. The number of hydrogen-bond acceptors (Lipinski definition) is 2. The lowest BCUT2D eigenvalue weighted by Crippen LogP contribution is -2.22. The number of pyridine rings is 1. The van der Waals surface area contributed by atoms with Gasteiger partial charge in [0.25, 0.3) is 0 Å². The molecule has 3 heteroatoms. The molecule has 1 aliphatic carbocycles. The van der Waals surface area contributed by atoms with E-state index in [0.717, 1.165) is 6.54 Å². The molecule has 14 heavy (non-hydrogen) atoms. The monoisotopic (exact) mass is 190 g/mol. The van der Waals surface area contributed by atoms with Gasteiger partial charge < -0.3 is 10.3 Å². The molecule has 1 aromatic heterocycles. The van der Waals surface area contributed by atoms with Crippen LogP contribution in [-0.2, 0) is 0 Å². The molecule has 3 nitrogen and oxygen atoms in total. The Morgan fingerprint density at radius 2 is 2.29 bits per heavy atom. The normalized spacial score (nSPS) is 28.1. The molecule has 2 heterocycles. The van der Waals surface area contributed by atoms with E-state index in [4.69, 9.17) is 0 Å². The molecule has 1 spiro atoms. The molecule has 1 aliphatic heterocycles. The topological polar surface area (TPSA) is 44.9 Å². The molecule has 3 rings (SSSR count). The molecule has 2 N–H and O–H groups in total. The van der Waals surface area contributed by atoms with Crippen molar-refractivity contribution in [1.29, 1.82) is 0 Å². The molecule has 0 radical (unpaired) electrons. The average molecular weight is 190 g/mol. The van der Waals surface area contributed by atoms with Crippen LogP contribution in [0.3, 0.4) is 0 Å². The molecule has 2 aliphatic rings. The van der Waals surface area contributed by atoms with Gasteiger partial charge in [0.05, 0.1) is 0 Å².